The number of ether oxygens (including phenoxy) is 1. The van der Waals surface area contributed by atoms with Gasteiger partial charge in [0.05, 0.1) is 12.2 Å². The van der Waals surface area contributed by atoms with Crippen molar-refractivity contribution in [2.24, 2.45) is 46.3 Å². The first kappa shape index (κ1) is 26.4. The summed E-state index contributed by atoms with van der Waals surface area (Å²) < 4.78 is 5.83. The van der Waals surface area contributed by atoms with Crippen molar-refractivity contribution in [1.82, 2.24) is 0 Å². The van der Waals surface area contributed by atoms with Crippen molar-refractivity contribution in [2.45, 2.75) is 130 Å². The summed E-state index contributed by atoms with van der Waals surface area (Å²) in [5.41, 5.74) is -1.33. The van der Waals surface area contributed by atoms with Crippen LogP contribution in [0.15, 0.2) is 0 Å². The molecule has 4 aliphatic rings. The molecule has 4 saturated carbocycles. The van der Waals surface area contributed by atoms with E-state index in [1.54, 1.807) is 0 Å². The third kappa shape index (κ3) is 4.16. The lowest BCUT2D eigenvalue weighted by molar-refractivity contribution is -0.270. The Morgan fingerprint density at radius 1 is 1.03 bits per heavy atom. The second kappa shape index (κ2) is 9.34. The second-order valence-electron chi connectivity index (χ2n) is 13.6. The predicted molar refractivity (Wildman–Crippen MR) is 133 cm³/mol. The Labute approximate surface area is 207 Å². The summed E-state index contributed by atoms with van der Waals surface area (Å²) in [5, 5.41) is 33.5. The summed E-state index contributed by atoms with van der Waals surface area (Å²) in [4.78, 5) is 12.1. The Kier molecular flexibility index (Phi) is 7.25. The zero-order chi connectivity index (χ0) is 25.1. The normalized spacial score (nSPS) is 47.9. The van der Waals surface area contributed by atoms with Crippen LogP contribution in [0.5, 0.6) is 0 Å². The molecule has 0 saturated heterocycles. The third-order valence-corrected chi connectivity index (χ3v) is 11.5. The average molecular weight is 479 g/mol. The van der Waals surface area contributed by atoms with E-state index < -0.39 is 17.8 Å². The van der Waals surface area contributed by atoms with Crippen molar-refractivity contribution in [2.75, 3.05) is 0 Å². The number of aliphatic hydroxyl groups excluding tert-OH is 2. The van der Waals surface area contributed by atoms with Crippen LogP contribution in [0.4, 0.5) is 0 Å². The summed E-state index contributed by atoms with van der Waals surface area (Å²) in [6.07, 6.45) is 7.61. The molecule has 4 rings (SSSR count). The van der Waals surface area contributed by atoms with Gasteiger partial charge in [-0.15, -0.1) is 0 Å². The molecular weight excluding hydrogens is 428 g/mol. The number of carbonyl (C=O) groups excluding carboxylic acids is 1. The number of fused-ring (bicyclic) bond motifs is 5. The quantitative estimate of drug-likeness (QED) is 0.463. The first-order valence-corrected chi connectivity index (χ1v) is 14.1. The zero-order valence-corrected chi connectivity index (χ0v) is 22.4. The molecule has 0 aliphatic heterocycles. The Bertz CT molecular complexity index is 753. The first-order valence-electron chi connectivity index (χ1n) is 14.1. The van der Waals surface area contributed by atoms with Gasteiger partial charge in [0.1, 0.15) is 11.7 Å². The zero-order valence-electron chi connectivity index (χ0n) is 22.4. The number of carbonyl (C=O) groups is 1. The molecule has 34 heavy (non-hydrogen) atoms. The maximum absolute atomic E-state index is 12.1. The Morgan fingerprint density at radius 3 is 2.38 bits per heavy atom. The molecular formula is C29H50O5. The van der Waals surface area contributed by atoms with Crippen LogP contribution in [-0.2, 0) is 9.53 Å². The molecule has 0 bridgehead atoms. The number of hydrogen-bond acceptors (Lipinski definition) is 5. The molecule has 5 nitrogen and oxygen atoms in total. The number of hydrogen-bond donors (Lipinski definition) is 3. The van der Waals surface area contributed by atoms with Crippen LogP contribution in [0.25, 0.3) is 0 Å². The fraction of sp³-hybridized carbons (Fsp3) is 0.966. The topological polar surface area (TPSA) is 87.0 Å². The largest absolute Gasteiger partial charge is 0.459 e. The summed E-state index contributed by atoms with van der Waals surface area (Å²) in [5.74, 6) is 2.39. The molecule has 0 heterocycles. The lowest BCUT2D eigenvalue weighted by Crippen LogP contribution is -2.69. The van der Waals surface area contributed by atoms with E-state index >= 15 is 0 Å². The second-order valence-corrected chi connectivity index (χ2v) is 13.6. The molecule has 4 fully saturated rings. The molecule has 11 atom stereocenters. The van der Waals surface area contributed by atoms with E-state index in [-0.39, 0.29) is 28.8 Å². The van der Waals surface area contributed by atoms with E-state index in [9.17, 15) is 20.1 Å². The smallest absolute Gasteiger partial charge is 0.303 e. The molecule has 0 unspecified atom stereocenters. The van der Waals surface area contributed by atoms with Gasteiger partial charge in [0.25, 0.3) is 0 Å². The summed E-state index contributed by atoms with van der Waals surface area (Å²) in [6, 6.07) is 0. The predicted octanol–water partition coefficient (Wildman–Crippen LogP) is 5.10. The standard InChI is InChI=1S/C29H50O5/c1-17(2)7-10-25(32)18(3)22-8-9-23-21-15-26(34-19(4)30)29(33)16-20(31)11-14-28(29,6)24(21)12-13-27(22,23)5/h17-18,20-26,31-33H,7-16H2,1-6H3/t18-,20-,21-,22+,23-,24-,25-,26+,27+,28+,29-/m0/s1. The average Bonchev–Trinajstić information content (AvgIpc) is 3.10. The van der Waals surface area contributed by atoms with Crippen molar-refractivity contribution in [1.29, 1.82) is 0 Å². The molecule has 0 aromatic carbocycles. The molecule has 0 aromatic heterocycles. The monoisotopic (exact) mass is 478 g/mol. The van der Waals surface area contributed by atoms with Gasteiger partial charge in [-0.1, -0.05) is 34.6 Å². The molecule has 3 N–H and O–H groups in total. The molecule has 0 radical (unpaired) electrons. The lowest BCUT2D eigenvalue weighted by Gasteiger charge is -2.65. The van der Waals surface area contributed by atoms with Crippen molar-refractivity contribution >= 4 is 5.97 Å². The highest BCUT2D eigenvalue weighted by molar-refractivity contribution is 5.66. The SMILES string of the molecule is CC(=O)O[C@@H]1C[C@H]2[C@@H]3CC[C@H]([C@H](C)[C@@H](O)CCC(C)C)[C@@]3(C)CC[C@@H]2[C@@]2(C)CC[C@H](O)C[C@]12O. The minimum absolute atomic E-state index is 0.181. The molecule has 0 spiro atoms. The lowest BCUT2D eigenvalue weighted by atomic mass is 9.42. The van der Waals surface area contributed by atoms with Gasteiger partial charge in [0, 0.05) is 18.8 Å². The van der Waals surface area contributed by atoms with Gasteiger partial charge in [-0.05, 0) is 98.7 Å². The van der Waals surface area contributed by atoms with Gasteiger partial charge >= 0.3 is 5.97 Å². The van der Waals surface area contributed by atoms with Gasteiger partial charge in [-0.3, -0.25) is 4.79 Å². The Balaban J connectivity index is 1.60. The molecule has 4 aliphatic carbocycles. The van der Waals surface area contributed by atoms with Crippen LogP contribution in [0.2, 0.25) is 0 Å². The highest BCUT2D eigenvalue weighted by Crippen LogP contribution is 2.69. The third-order valence-electron chi connectivity index (χ3n) is 11.5. The maximum atomic E-state index is 12.1. The fourth-order valence-corrected chi connectivity index (χ4v) is 9.52. The fourth-order valence-electron chi connectivity index (χ4n) is 9.52. The van der Waals surface area contributed by atoms with Crippen molar-refractivity contribution in [3.63, 3.8) is 0 Å². The van der Waals surface area contributed by atoms with E-state index in [2.05, 4.69) is 34.6 Å². The summed E-state index contributed by atoms with van der Waals surface area (Å²) in [7, 11) is 0. The number of aliphatic hydroxyl groups is 3. The maximum Gasteiger partial charge on any atom is 0.303 e. The summed E-state index contributed by atoms with van der Waals surface area (Å²) in [6.45, 7) is 12.8. The van der Waals surface area contributed by atoms with Gasteiger partial charge in [-0.2, -0.15) is 0 Å². The van der Waals surface area contributed by atoms with Crippen LogP contribution >= 0.6 is 0 Å². The Morgan fingerprint density at radius 2 is 1.74 bits per heavy atom. The summed E-state index contributed by atoms with van der Waals surface area (Å²) >= 11 is 0. The van der Waals surface area contributed by atoms with Crippen LogP contribution in [0.3, 0.4) is 0 Å². The van der Waals surface area contributed by atoms with E-state index in [0.29, 0.717) is 48.9 Å². The highest BCUT2D eigenvalue weighted by atomic mass is 16.6. The van der Waals surface area contributed by atoms with Crippen molar-refractivity contribution in [3.05, 3.63) is 0 Å². The van der Waals surface area contributed by atoms with E-state index in [4.69, 9.17) is 4.74 Å². The highest BCUT2D eigenvalue weighted by Gasteiger charge is 2.68. The van der Waals surface area contributed by atoms with Crippen LogP contribution < -0.4 is 0 Å². The number of rotatable bonds is 6. The molecule has 5 heteroatoms. The minimum Gasteiger partial charge on any atom is -0.459 e. The van der Waals surface area contributed by atoms with E-state index in [0.717, 1.165) is 44.9 Å². The minimum atomic E-state index is -1.16. The van der Waals surface area contributed by atoms with E-state index in [1.165, 1.54) is 6.92 Å². The van der Waals surface area contributed by atoms with Gasteiger partial charge < -0.3 is 20.1 Å². The molecule has 0 amide bonds. The van der Waals surface area contributed by atoms with Gasteiger partial charge in [0.15, 0.2) is 0 Å². The van der Waals surface area contributed by atoms with Crippen molar-refractivity contribution < 1.29 is 24.9 Å². The molecule has 0 aromatic rings. The van der Waals surface area contributed by atoms with Crippen molar-refractivity contribution in [3.8, 4) is 0 Å². The van der Waals surface area contributed by atoms with Gasteiger partial charge in [0.2, 0.25) is 0 Å². The number of esters is 1. The Hall–Kier alpha value is -0.650. The van der Waals surface area contributed by atoms with Gasteiger partial charge in [-0.25, -0.2) is 0 Å². The van der Waals surface area contributed by atoms with E-state index in [1.807, 2.05) is 0 Å². The molecule has 196 valence electrons. The van der Waals surface area contributed by atoms with Crippen LogP contribution in [0.1, 0.15) is 106 Å². The van der Waals surface area contributed by atoms with Crippen LogP contribution in [0, 0.1) is 46.3 Å². The van der Waals surface area contributed by atoms with Crippen LogP contribution in [-0.4, -0.2) is 45.2 Å². The first-order chi connectivity index (χ1) is 15.8.